The van der Waals surface area contributed by atoms with E-state index >= 15 is 0 Å². The van der Waals surface area contributed by atoms with Crippen molar-refractivity contribution in [3.63, 3.8) is 0 Å². The van der Waals surface area contributed by atoms with Gasteiger partial charge in [-0.3, -0.25) is 15.0 Å². The van der Waals surface area contributed by atoms with Crippen molar-refractivity contribution in [3.05, 3.63) is 33.9 Å². The average molecular weight is 277 g/mol. The van der Waals surface area contributed by atoms with Gasteiger partial charge in [-0.1, -0.05) is 31.9 Å². The molecule has 1 aromatic carbocycles. The van der Waals surface area contributed by atoms with Crippen LogP contribution in [0.4, 0.5) is 11.4 Å². The fourth-order valence-corrected chi connectivity index (χ4v) is 3.23. The van der Waals surface area contributed by atoms with Crippen molar-refractivity contribution in [1.29, 1.82) is 0 Å². The van der Waals surface area contributed by atoms with Gasteiger partial charge in [-0.15, -0.1) is 0 Å². The lowest BCUT2D eigenvalue weighted by atomic mass is 9.85. The Labute approximate surface area is 119 Å². The highest BCUT2D eigenvalue weighted by Gasteiger charge is 2.25. The normalized spacial score (nSPS) is 22.9. The van der Waals surface area contributed by atoms with Crippen LogP contribution in [0.5, 0.6) is 0 Å². The Bertz CT molecular complexity index is 490. The van der Waals surface area contributed by atoms with Crippen molar-refractivity contribution in [2.75, 3.05) is 12.8 Å². The second-order valence-corrected chi connectivity index (χ2v) is 5.85. The van der Waals surface area contributed by atoms with Gasteiger partial charge in [0.2, 0.25) is 0 Å². The van der Waals surface area contributed by atoms with Crippen LogP contribution in [0.2, 0.25) is 0 Å². The highest BCUT2D eigenvalue weighted by Crippen LogP contribution is 2.30. The van der Waals surface area contributed by atoms with Gasteiger partial charge >= 0.3 is 0 Å². The van der Waals surface area contributed by atoms with Gasteiger partial charge in [0, 0.05) is 18.7 Å². The minimum absolute atomic E-state index is 0.00703. The molecule has 1 aliphatic carbocycles. The quantitative estimate of drug-likeness (QED) is 0.521. The average Bonchev–Trinajstić information content (AvgIpc) is 2.41. The standard InChI is InChI=1S/C15H23N3O2/c1-11-6-3-4-8-13(11)17(2)10-12-7-5-9-14(15(12)16)18(19)20/h5,7,9,11,13H,3-4,6,8,10,16H2,1-2H3. The molecule has 2 N–H and O–H groups in total. The highest BCUT2D eigenvalue weighted by atomic mass is 16.6. The molecule has 0 bridgehead atoms. The zero-order chi connectivity index (χ0) is 14.7. The smallest absolute Gasteiger partial charge is 0.292 e. The number of nitrogen functional groups attached to an aromatic ring is 1. The summed E-state index contributed by atoms with van der Waals surface area (Å²) in [6.45, 7) is 2.96. The first kappa shape index (κ1) is 14.8. The van der Waals surface area contributed by atoms with E-state index in [1.54, 1.807) is 6.07 Å². The zero-order valence-corrected chi connectivity index (χ0v) is 12.2. The number of nitrogens with two attached hydrogens (primary N) is 1. The number of para-hydroxylation sites is 1. The lowest BCUT2D eigenvalue weighted by Crippen LogP contribution is -2.38. The lowest BCUT2D eigenvalue weighted by molar-refractivity contribution is -0.384. The van der Waals surface area contributed by atoms with E-state index in [2.05, 4.69) is 18.9 Å². The SMILES string of the molecule is CC1CCCCC1N(C)Cc1cccc([N+](=O)[O-])c1N. The number of hydrogen-bond acceptors (Lipinski definition) is 4. The van der Waals surface area contributed by atoms with Crippen LogP contribution in [0.1, 0.15) is 38.2 Å². The number of rotatable bonds is 4. The van der Waals surface area contributed by atoms with Gasteiger partial charge in [-0.25, -0.2) is 0 Å². The summed E-state index contributed by atoms with van der Waals surface area (Å²) in [4.78, 5) is 12.8. The molecule has 0 radical (unpaired) electrons. The highest BCUT2D eigenvalue weighted by molar-refractivity contribution is 5.62. The van der Waals surface area contributed by atoms with Gasteiger partial charge in [0.15, 0.2) is 0 Å². The maximum absolute atomic E-state index is 10.9. The molecule has 0 aliphatic heterocycles. The van der Waals surface area contributed by atoms with E-state index in [1.165, 1.54) is 31.7 Å². The minimum Gasteiger partial charge on any atom is -0.393 e. The molecular formula is C15H23N3O2. The van der Waals surface area contributed by atoms with E-state index in [0.717, 1.165) is 5.56 Å². The maximum atomic E-state index is 10.9. The van der Waals surface area contributed by atoms with Crippen molar-refractivity contribution in [1.82, 2.24) is 4.90 Å². The van der Waals surface area contributed by atoms with Crippen LogP contribution in [0.3, 0.4) is 0 Å². The van der Waals surface area contributed by atoms with Gasteiger partial charge in [-0.2, -0.15) is 0 Å². The molecule has 0 heterocycles. The summed E-state index contributed by atoms with van der Waals surface area (Å²) in [5.41, 5.74) is 7.08. The Morgan fingerprint density at radius 1 is 1.40 bits per heavy atom. The molecule has 1 saturated carbocycles. The fourth-order valence-electron chi connectivity index (χ4n) is 3.23. The van der Waals surface area contributed by atoms with Gasteiger partial charge in [-0.05, 0) is 31.4 Å². The number of nitro benzene ring substituents is 1. The summed E-state index contributed by atoms with van der Waals surface area (Å²) in [6, 6.07) is 5.60. The molecule has 1 aliphatic rings. The van der Waals surface area contributed by atoms with Crippen LogP contribution in [-0.2, 0) is 6.54 Å². The largest absolute Gasteiger partial charge is 0.393 e. The van der Waals surface area contributed by atoms with Crippen LogP contribution in [0, 0.1) is 16.0 Å². The first-order valence-electron chi connectivity index (χ1n) is 7.22. The third kappa shape index (κ3) is 3.10. The molecule has 0 saturated heterocycles. The van der Waals surface area contributed by atoms with Crippen LogP contribution in [0.15, 0.2) is 18.2 Å². The molecule has 2 unspecified atom stereocenters. The monoisotopic (exact) mass is 277 g/mol. The molecule has 20 heavy (non-hydrogen) atoms. The number of anilines is 1. The van der Waals surface area contributed by atoms with E-state index in [9.17, 15) is 10.1 Å². The summed E-state index contributed by atoms with van der Waals surface area (Å²) in [5, 5.41) is 10.9. The van der Waals surface area contributed by atoms with E-state index in [1.807, 2.05) is 6.07 Å². The third-order valence-electron chi connectivity index (χ3n) is 4.42. The Morgan fingerprint density at radius 3 is 2.75 bits per heavy atom. The Hall–Kier alpha value is -1.62. The number of nitro groups is 1. The van der Waals surface area contributed by atoms with Crippen molar-refractivity contribution < 1.29 is 4.92 Å². The molecular weight excluding hydrogens is 254 g/mol. The maximum Gasteiger partial charge on any atom is 0.292 e. The molecule has 110 valence electrons. The fraction of sp³-hybridized carbons (Fsp3) is 0.600. The Balaban J connectivity index is 2.13. The molecule has 5 nitrogen and oxygen atoms in total. The van der Waals surface area contributed by atoms with Crippen molar-refractivity contribution in [2.45, 2.75) is 45.2 Å². The molecule has 2 rings (SSSR count). The zero-order valence-electron chi connectivity index (χ0n) is 12.2. The predicted molar refractivity (Wildman–Crippen MR) is 80.4 cm³/mol. The van der Waals surface area contributed by atoms with Gasteiger partial charge < -0.3 is 5.73 Å². The van der Waals surface area contributed by atoms with Gasteiger partial charge in [0.1, 0.15) is 5.69 Å². The van der Waals surface area contributed by atoms with Gasteiger partial charge in [0.05, 0.1) is 4.92 Å². The minimum atomic E-state index is -0.415. The van der Waals surface area contributed by atoms with E-state index in [4.69, 9.17) is 5.73 Å². The molecule has 0 amide bonds. The lowest BCUT2D eigenvalue weighted by Gasteiger charge is -2.36. The predicted octanol–water partition coefficient (Wildman–Crippen LogP) is 3.19. The molecule has 5 heteroatoms. The van der Waals surface area contributed by atoms with E-state index in [0.29, 0.717) is 24.2 Å². The molecule has 0 aromatic heterocycles. The Kier molecular flexibility index (Phi) is 4.60. The third-order valence-corrected chi connectivity index (χ3v) is 4.42. The summed E-state index contributed by atoms with van der Waals surface area (Å²) < 4.78 is 0. The number of nitrogens with zero attached hydrogens (tertiary/aromatic N) is 2. The molecule has 1 aromatic rings. The van der Waals surface area contributed by atoms with E-state index in [-0.39, 0.29) is 5.69 Å². The summed E-state index contributed by atoms with van der Waals surface area (Å²) in [5.74, 6) is 0.675. The Morgan fingerprint density at radius 2 is 2.10 bits per heavy atom. The van der Waals surface area contributed by atoms with Crippen LogP contribution in [0.25, 0.3) is 0 Å². The summed E-state index contributed by atoms with van der Waals surface area (Å²) in [7, 11) is 2.09. The molecule has 0 spiro atoms. The molecule has 1 fully saturated rings. The van der Waals surface area contributed by atoms with Crippen LogP contribution in [-0.4, -0.2) is 22.9 Å². The van der Waals surface area contributed by atoms with Crippen LogP contribution >= 0.6 is 0 Å². The van der Waals surface area contributed by atoms with Crippen molar-refractivity contribution >= 4 is 11.4 Å². The number of hydrogen-bond donors (Lipinski definition) is 1. The van der Waals surface area contributed by atoms with Crippen LogP contribution < -0.4 is 5.73 Å². The second-order valence-electron chi connectivity index (χ2n) is 5.85. The topological polar surface area (TPSA) is 72.4 Å². The summed E-state index contributed by atoms with van der Waals surface area (Å²) in [6.07, 6.45) is 5.04. The van der Waals surface area contributed by atoms with Gasteiger partial charge in [0.25, 0.3) is 5.69 Å². The van der Waals surface area contributed by atoms with Crippen molar-refractivity contribution in [3.8, 4) is 0 Å². The van der Waals surface area contributed by atoms with E-state index < -0.39 is 4.92 Å². The number of benzene rings is 1. The first-order chi connectivity index (χ1) is 9.50. The summed E-state index contributed by atoms with van der Waals surface area (Å²) >= 11 is 0. The van der Waals surface area contributed by atoms with Crippen molar-refractivity contribution in [2.24, 2.45) is 5.92 Å². The first-order valence-corrected chi connectivity index (χ1v) is 7.22. The molecule has 2 atom stereocenters. The second kappa shape index (κ2) is 6.22.